The quantitative estimate of drug-likeness (QED) is 0.246. The highest BCUT2D eigenvalue weighted by molar-refractivity contribution is 8.00. The Morgan fingerprint density at radius 2 is 1.79 bits per heavy atom. The van der Waals surface area contributed by atoms with Crippen molar-refractivity contribution >= 4 is 17.6 Å². The molecule has 9 heteroatoms. The van der Waals surface area contributed by atoms with Crippen LogP contribution in [0.15, 0.2) is 58.0 Å². The number of nitrogens with one attached hydrogen (secondary N) is 1. The molecule has 0 radical (unpaired) electrons. The van der Waals surface area contributed by atoms with E-state index in [1.807, 2.05) is 42.1 Å². The summed E-state index contributed by atoms with van der Waals surface area (Å²) in [6.45, 7) is 6.97. The van der Waals surface area contributed by atoms with Crippen LogP contribution in [-0.2, 0) is 6.54 Å². The van der Waals surface area contributed by atoms with E-state index in [0.717, 1.165) is 16.7 Å². The third-order valence-electron chi connectivity index (χ3n) is 5.06. The number of halogens is 1. The Hall–Kier alpha value is -3.30. The number of nitrogen functional groups attached to an aromatic ring is 1. The van der Waals surface area contributed by atoms with Crippen LogP contribution in [0.3, 0.4) is 0 Å². The van der Waals surface area contributed by atoms with Crippen LogP contribution < -0.4 is 11.1 Å². The molecule has 7 nitrogen and oxygen atoms in total. The van der Waals surface area contributed by atoms with Crippen molar-refractivity contribution in [1.82, 2.24) is 25.5 Å². The molecule has 0 aliphatic rings. The highest BCUT2D eigenvalue weighted by Gasteiger charge is 2.17. The fourth-order valence-electron chi connectivity index (χ4n) is 3.39. The molecule has 0 aliphatic heterocycles. The van der Waals surface area contributed by atoms with Crippen molar-refractivity contribution in [2.24, 2.45) is 0 Å². The summed E-state index contributed by atoms with van der Waals surface area (Å²) < 4.78 is 18.1. The summed E-state index contributed by atoms with van der Waals surface area (Å²) in [5, 5.41) is 11.8. The number of hydrogen-bond acceptors (Lipinski definition) is 8. The first kappa shape index (κ1) is 23.8. The molecular weight excluding hydrogens is 451 g/mol. The standard InChI is InChI=1S/C25H27FN6OS/c1-15(2)34-21-9-8-19(12-16(21)3)20-14-29-23(27)22(30-20)25-32-31-24(33-25)18-6-4-17(5-7-18)13-28-11-10-26/h4-9,12,14-15,28H,10-11,13H2,1-3H3,(H2,27,29). The van der Waals surface area contributed by atoms with E-state index in [0.29, 0.717) is 35.6 Å². The average Bonchev–Trinajstić information content (AvgIpc) is 3.31. The summed E-state index contributed by atoms with van der Waals surface area (Å²) in [6.07, 6.45) is 1.65. The van der Waals surface area contributed by atoms with E-state index in [1.54, 1.807) is 6.20 Å². The summed E-state index contributed by atoms with van der Waals surface area (Å²) >= 11 is 1.83. The SMILES string of the molecule is Cc1cc(-c2cnc(N)c(-c3nnc(-c4ccc(CNCCF)cc4)o3)n2)ccc1SC(C)C. The lowest BCUT2D eigenvalue weighted by molar-refractivity contribution is 0.467. The zero-order valence-corrected chi connectivity index (χ0v) is 20.2. The molecule has 176 valence electrons. The lowest BCUT2D eigenvalue weighted by atomic mass is 10.1. The zero-order chi connectivity index (χ0) is 24.1. The average molecular weight is 479 g/mol. The maximum Gasteiger partial charge on any atom is 0.270 e. The number of alkyl halides is 1. The normalized spacial score (nSPS) is 11.3. The van der Waals surface area contributed by atoms with Gasteiger partial charge in [-0.2, -0.15) is 0 Å². The fourth-order valence-corrected chi connectivity index (χ4v) is 4.29. The summed E-state index contributed by atoms with van der Waals surface area (Å²) in [6, 6.07) is 13.9. The van der Waals surface area contributed by atoms with Crippen LogP contribution in [0.5, 0.6) is 0 Å². The van der Waals surface area contributed by atoms with Gasteiger partial charge in [-0.3, -0.25) is 0 Å². The van der Waals surface area contributed by atoms with E-state index in [9.17, 15) is 4.39 Å². The maximum atomic E-state index is 12.2. The third kappa shape index (κ3) is 5.60. The minimum Gasteiger partial charge on any atom is -0.414 e. The number of nitrogens with two attached hydrogens (primary N) is 1. The molecule has 0 aliphatic carbocycles. The number of aryl methyl sites for hydroxylation is 1. The van der Waals surface area contributed by atoms with E-state index < -0.39 is 6.67 Å². The van der Waals surface area contributed by atoms with Gasteiger partial charge in [-0.05, 0) is 42.3 Å². The van der Waals surface area contributed by atoms with Crippen molar-refractivity contribution < 1.29 is 8.81 Å². The molecule has 2 aromatic carbocycles. The van der Waals surface area contributed by atoms with Crippen LogP contribution in [0.1, 0.15) is 25.0 Å². The molecule has 0 bridgehead atoms. The Bertz CT molecular complexity index is 1260. The van der Waals surface area contributed by atoms with Crippen LogP contribution in [0, 0.1) is 6.92 Å². The first-order valence-corrected chi connectivity index (χ1v) is 11.9. The van der Waals surface area contributed by atoms with Crippen molar-refractivity contribution in [3.05, 3.63) is 59.8 Å². The molecule has 3 N–H and O–H groups in total. The molecule has 2 aromatic heterocycles. The number of nitrogens with zero attached hydrogens (tertiary/aromatic N) is 4. The summed E-state index contributed by atoms with van der Waals surface area (Å²) in [7, 11) is 0. The lowest BCUT2D eigenvalue weighted by Gasteiger charge is -2.10. The minimum absolute atomic E-state index is 0.208. The molecule has 4 aromatic rings. The Kier molecular flexibility index (Phi) is 7.54. The van der Waals surface area contributed by atoms with Crippen molar-refractivity contribution in [3.8, 4) is 34.3 Å². The van der Waals surface area contributed by atoms with Crippen molar-refractivity contribution in [1.29, 1.82) is 0 Å². The number of benzene rings is 2. The largest absolute Gasteiger partial charge is 0.414 e. The Morgan fingerprint density at radius 1 is 1.06 bits per heavy atom. The van der Waals surface area contributed by atoms with Gasteiger partial charge in [-0.25, -0.2) is 14.4 Å². The molecule has 0 spiro atoms. The highest BCUT2D eigenvalue weighted by atomic mass is 32.2. The lowest BCUT2D eigenvalue weighted by Crippen LogP contribution is -2.15. The number of anilines is 1. The molecule has 4 rings (SSSR count). The van der Waals surface area contributed by atoms with Gasteiger partial charge in [0.1, 0.15) is 6.67 Å². The van der Waals surface area contributed by atoms with E-state index >= 15 is 0 Å². The highest BCUT2D eigenvalue weighted by Crippen LogP contribution is 2.31. The molecule has 2 heterocycles. The van der Waals surface area contributed by atoms with Gasteiger partial charge in [0.05, 0.1) is 11.9 Å². The van der Waals surface area contributed by atoms with Crippen LogP contribution in [0.2, 0.25) is 0 Å². The smallest absolute Gasteiger partial charge is 0.270 e. The van der Waals surface area contributed by atoms with E-state index in [1.165, 1.54) is 10.5 Å². The summed E-state index contributed by atoms with van der Waals surface area (Å²) in [5.41, 5.74) is 11.0. The van der Waals surface area contributed by atoms with Gasteiger partial charge in [0, 0.05) is 34.4 Å². The molecule has 0 amide bonds. The molecule has 0 saturated heterocycles. The van der Waals surface area contributed by atoms with Gasteiger partial charge >= 0.3 is 0 Å². The molecule has 0 fully saturated rings. The first-order valence-electron chi connectivity index (χ1n) is 11.0. The van der Waals surface area contributed by atoms with E-state index in [4.69, 9.17) is 10.2 Å². The maximum absolute atomic E-state index is 12.2. The third-order valence-corrected chi connectivity index (χ3v) is 6.25. The minimum atomic E-state index is -0.391. The van der Waals surface area contributed by atoms with Gasteiger partial charge in [-0.15, -0.1) is 22.0 Å². The zero-order valence-electron chi connectivity index (χ0n) is 19.4. The molecule has 0 unspecified atom stereocenters. The van der Waals surface area contributed by atoms with Gasteiger partial charge in [0.25, 0.3) is 5.89 Å². The first-order chi connectivity index (χ1) is 16.4. The number of hydrogen-bond donors (Lipinski definition) is 2. The Morgan fingerprint density at radius 3 is 2.50 bits per heavy atom. The molecule has 0 atom stereocenters. The van der Waals surface area contributed by atoms with Crippen LogP contribution in [0.25, 0.3) is 34.3 Å². The monoisotopic (exact) mass is 478 g/mol. The van der Waals surface area contributed by atoms with Crippen molar-refractivity contribution in [2.45, 2.75) is 37.5 Å². The number of thioether (sulfide) groups is 1. The van der Waals surface area contributed by atoms with Gasteiger partial charge in [0.15, 0.2) is 11.5 Å². The van der Waals surface area contributed by atoms with E-state index in [-0.39, 0.29) is 11.7 Å². The van der Waals surface area contributed by atoms with Crippen molar-refractivity contribution in [2.75, 3.05) is 19.0 Å². The number of aromatic nitrogens is 4. The summed E-state index contributed by atoms with van der Waals surface area (Å²) in [5.74, 6) is 0.784. The predicted molar refractivity (Wildman–Crippen MR) is 134 cm³/mol. The summed E-state index contributed by atoms with van der Waals surface area (Å²) in [4.78, 5) is 10.2. The van der Waals surface area contributed by atoms with Crippen LogP contribution in [-0.4, -0.2) is 38.6 Å². The topological polar surface area (TPSA) is 103 Å². The second-order valence-corrected chi connectivity index (χ2v) is 9.73. The molecule has 0 saturated carbocycles. The Balaban J connectivity index is 1.57. The Labute approximate surface area is 202 Å². The van der Waals surface area contributed by atoms with E-state index in [2.05, 4.69) is 58.4 Å². The van der Waals surface area contributed by atoms with Gasteiger partial charge in [0.2, 0.25) is 5.89 Å². The van der Waals surface area contributed by atoms with Crippen LogP contribution >= 0.6 is 11.8 Å². The second kappa shape index (κ2) is 10.8. The molecular formula is C25H27FN6OS. The number of rotatable bonds is 9. The van der Waals surface area contributed by atoms with Crippen LogP contribution in [0.4, 0.5) is 10.2 Å². The van der Waals surface area contributed by atoms with Crippen molar-refractivity contribution in [3.63, 3.8) is 0 Å². The second-order valence-electron chi connectivity index (χ2n) is 8.11. The van der Waals surface area contributed by atoms with Gasteiger partial charge < -0.3 is 15.5 Å². The predicted octanol–water partition coefficient (Wildman–Crippen LogP) is 5.31. The molecule has 34 heavy (non-hydrogen) atoms. The van der Waals surface area contributed by atoms with Gasteiger partial charge in [-0.1, -0.05) is 32.0 Å². The fraction of sp³-hybridized carbons (Fsp3) is 0.280.